The molecule has 4 heteroatoms. The van der Waals surface area contributed by atoms with Crippen LogP contribution in [0.4, 0.5) is 0 Å². The van der Waals surface area contributed by atoms with E-state index in [2.05, 4.69) is 6.07 Å². The Labute approximate surface area is 124 Å². The van der Waals surface area contributed by atoms with Crippen LogP contribution in [0, 0.1) is 22.2 Å². The number of carbonyl (C=O) groups is 1. The van der Waals surface area contributed by atoms with Gasteiger partial charge in [0, 0.05) is 16.9 Å². The minimum Gasteiger partial charge on any atom is -0.496 e. The third-order valence-electron chi connectivity index (χ3n) is 4.17. The number of nitrogens with zero attached hydrogens (tertiary/aromatic N) is 1. The first kappa shape index (κ1) is 14.9. The molecule has 3 nitrogen and oxygen atoms in total. The van der Waals surface area contributed by atoms with E-state index in [0.717, 1.165) is 12.0 Å². The molecule has 1 saturated carbocycles. The molecule has 0 amide bonds. The number of hydrogen-bond acceptors (Lipinski definition) is 3. The van der Waals surface area contributed by atoms with Gasteiger partial charge in [-0.15, -0.1) is 0 Å². The van der Waals surface area contributed by atoms with Crippen molar-refractivity contribution < 1.29 is 9.53 Å². The lowest BCUT2D eigenvalue weighted by molar-refractivity contribution is -0.130. The molecule has 1 fully saturated rings. The zero-order valence-corrected chi connectivity index (χ0v) is 12.8. The van der Waals surface area contributed by atoms with Gasteiger partial charge in [-0.3, -0.25) is 4.79 Å². The highest BCUT2D eigenvalue weighted by atomic mass is 35.5. The van der Waals surface area contributed by atoms with Crippen LogP contribution in [0.25, 0.3) is 0 Å². The van der Waals surface area contributed by atoms with E-state index in [1.54, 1.807) is 25.3 Å². The molecule has 1 atom stereocenters. The highest BCUT2D eigenvalue weighted by Crippen LogP contribution is 2.48. The third kappa shape index (κ3) is 2.41. The molecule has 0 spiro atoms. The zero-order valence-electron chi connectivity index (χ0n) is 12.0. The molecule has 0 heterocycles. The number of hydrogen-bond donors (Lipinski definition) is 0. The van der Waals surface area contributed by atoms with Crippen molar-refractivity contribution in [3.05, 3.63) is 28.8 Å². The summed E-state index contributed by atoms with van der Waals surface area (Å²) in [6, 6.07) is 7.54. The lowest BCUT2D eigenvalue weighted by atomic mass is 9.77. The van der Waals surface area contributed by atoms with Crippen molar-refractivity contribution in [1.29, 1.82) is 5.26 Å². The van der Waals surface area contributed by atoms with Crippen LogP contribution in [0.5, 0.6) is 5.75 Å². The Bertz CT molecular complexity index is 589. The fraction of sp³-hybridized carbons (Fsp3) is 0.500. The minimum atomic E-state index is -0.957. The molecular weight excluding hydrogens is 274 g/mol. The first-order chi connectivity index (χ1) is 9.34. The summed E-state index contributed by atoms with van der Waals surface area (Å²) in [5.74, 6) is 0.691. The number of carbonyl (C=O) groups excluding carboxylic acids is 1. The monoisotopic (exact) mass is 291 g/mol. The van der Waals surface area contributed by atoms with Crippen molar-refractivity contribution in [3.8, 4) is 11.8 Å². The molecule has 1 aromatic rings. The van der Waals surface area contributed by atoms with Gasteiger partial charge < -0.3 is 4.74 Å². The number of halogens is 1. The molecule has 0 saturated heterocycles. The normalized spacial score (nSPS) is 24.4. The Morgan fingerprint density at radius 1 is 1.40 bits per heavy atom. The molecule has 0 bridgehead atoms. The van der Waals surface area contributed by atoms with Gasteiger partial charge in [0.15, 0.2) is 5.78 Å². The first-order valence-electron chi connectivity index (χ1n) is 6.63. The highest BCUT2D eigenvalue weighted by Gasteiger charge is 2.52. The number of nitriles is 1. The molecule has 2 rings (SSSR count). The van der Waals surface area contributed by atoms with Crippen LogP contribution in [0.2, 0.25) is 5.02 Å². The summed E-state index contributed by atoms with van der Waals surface area (Å²) >= 11 is 6.02. The molecule has 0 N–H and O–H groups in total. The van der Waals surface area contributed by atoms with Crippen LogP contribution in [-0.4, -0.2) is 12.9 Å². The van der Waals surface area contributed by atoms with E-state index < -0.39 is 10.8 Å². The van der Waals surface area contributed by atoms with Crippen LogP contribution in [0.1, 0.15) is 32.3 Å². The Hall–Kier alpha value is -1.53. The predicted molar refractivity (Wildman–Crippen MR) is 77.8 cm³/mol. The van der Waals surface area contributed by atoms with Gasteiger partial charge in [-0.1, -0.05) is 25.4 Å². The second kappa shape index (κ2) is 5.10. The summed E-state index contributed by atoms with van der Waals surface area (Å²) < 4.78 is 5.31. The molecular formula is C16H18ClNO2. The Kier molecular flexibility index (Phi) is 3.80. The van der Waals surface area contributed by atoms with Crippen LogP contribution >= 0.6 is 11.6 Å². The van der Waals surface area contributed by atoms with Gasteiger partial charge in [0.2, 0.25) is 0 Å². The zero-order chi connectivity index (χ0) is 15.0. The standard InChI is InChI=1S/C16H18ClNO2/c1-15(2)6-7-16(10-18,14(15)19)9-11-8-12(17)4-5-13(11)20-3/h4-5,8H,6-7,9H2,1-3H3. The number of rotatable bonds is 3. The smallest absolute Gasteiger partial charge is 0.158 e. The van der Waals surface area contributed by atoms with E-state index in [-0.39, 0.29) is 5.78 Å². The van der Waals surface area contributed by atoms with Crippen molar-refractivity contribution >= 4 is 17.4 Å². The van der Waals surface area contributed by atoms with Crippen molar-refractivity contribution in [3.63, 3.8) is 0 Å². The van der Waals surface area contributed by atoms with E-state index in [1.165, 1.54) is 0 Å². The van der Waals surface area contributed by atoms with Crippen LogP contribution in [0.15, 0.2) is 18.2 Å². The van der Waals surface area contributed by atoms with Gasteiger partial charge in [-0.25, -0.2) is 0 Å². The lowest BCUT2D eigenvalue weighted by Crippen LogP contribution is -2.33. The first-order valence-corrected chi connectivity index (χ1v) is 7.01. The lowest BCUT2D eigenvalue weighted by Gasteiger charge is -2.23. The van der Waals surface area contributed by atoms with Gasteiger partial charge in [0.05, 0.1) is 13.2 Å². The summed E-state index contributed by atoms with van der Waals surface area (Å²) in [5, 5.41) is 10.2. The largest absolute Gasteiger partial charge is 0.496 e. The molecule has 0 aliphatic heterocycles. The van der Waals surface area contributed by atoms with Crippen LogP contribution in [-0.2, 0) is 11.2 Å². The van der Waals surface area contributed by atoms with Crippen LogP contribution < -0.4 is 4.74 Å². The average Bonchev–Trinajstić information content (AvgIpc) is 2.64. The quantitative estimate of drug-likeness (QED) is 0.851. The minimum absolute atomic E-state index is 0.0227. The number of benzene rings is 1. The van der Waals surface area contributed by atoms with Crippen molar-refractivity contribution in [2.75, 3.05) is 7.11 Å². The average molecular weight is 292 g/mol. The number of ketones is 1. The molecule has 1 aliphatic rings. The highest BCUT2D eigenvalue weighted by molar-refractivity contribution is 6.30. The SMILES string of the molecule is COc1ccc(Cl)cc1CC1(C#N)CCC(C)(C)C1=O. The fourth-order valence-electron chi connectivity index (χ4n) is 2.93. The molecule has 1 unspecified atom stereocenters. The molecule has 1 aliphatic carbocycles. The Balaban J connectivity index is 2.40. The molecule has 1 aromatic carbocycles. The van der Waals surface area contributed by atoms with E-state index in [1.807, 2.05) is 13.8 Å². The van der Waals surface area contributed by atoms with Crippen molar-refractivity contribution in [2.45, 2.75) is 33.1 Å². The van der Waals surface area contributed by atoms with Crippen molar-refractivity contribution in [1.82, 2.24) is 0 Å². The maximum atomic E-state index is 12.6. The molecule has 0 aromatic heterocycles. The summed E-state index contributed by atoms with van der Waals surface area (Å²) in [4.78, 5) is 12.6. The topological polar surface area (TPSA) is 50.1 Å². The van der Waals surface area contributed by atoms with Gasteiger partial charge in [-0.05, 0) is 36.6 Å². The Morgan fingerprint density at radius 2 is 2.10 bits per heavy atom. The summed E-state index contributed by atoms with van der Waals surface area (Å²) in [6.45, 7) is 3.81. The van der Waals surface area contributed by atoms with Gasteiger partial charge in [-0.2, -0.15) is 5.26 Å². The Morgan fingerprint density at radius 3 is 2.60 bits per heavy atom. The maximum Gasteiger partial charge on any atom is 0.158 e. The maximum absolute atomic E-state index is 12.6. The second-order valence-electron chi connectivity index (χ2n) is 6.04. The van der Waals surface area contributed by atoms with Crippen LogP contribution in [0.3, 0.4) is 0 Å². The van der Waals surface area contributed by atoms with E-state index in [4.69, 9.17) is 16.3 Å². The fourth-order valence-corrected chi connectivity index (χ4v) is 3.12. The predicted octanol–water partition coefficient (Wildman–Crippen LogP) is 3.79. The van der Waals surface area contributed by atoms with E-state index >= 15 is 0 Å². The van der Waals surface area contributed by atoms with Gasteiger partial charge in [0.1, 0.15) is 11.2 Å². The van der Waals surface area contributed by atoms with Gasteiger partial charge in [0.25, 0.3) is 0 Å². The molecule has 0 radical (unpaired) electrons. The summed E-state index contributed by atoms with van der Waals surface area (Å²) in [5.41, 5.74) is -0.573. The van der Waals surface area contributed by atoms with E-state index in [0.29, 0.717) is 23.6 Å². The van der Waals surface area contributed by atoms with Crippen molar-refractivity contribution in [2.24, 2.45) is 10.8 Å². The summed E-state index contributed by atoms with van der Waals surface area (Å²) in [7, 11) is 1.58. The number of methoxy groups -OCH3 is 1. The third-order valence-corrected chi connectivity index (χ3v) is 4.41. The second-order valence-corrected chi connectivity index (χ2v) is 6.48. The number of Topliss-reactive ketones (excluding diaryl/α,β-unsaturated/α-hetero) is 1. The molecule has 106 valence electrons. The summed E-state index contributed by atoms with van der Waals surface area (Å²) in [6.07, 6.45) is 1.68. The number of ether oxygens (including phenoxy) is 1. The van der Waals surface area contributed by atoms with Gasteiger partial charge >= 0.3 is 0 Å². The molecule has 20 heavy (non-hydrogen) atoms. The van der Waals surface area contributed by atoms with E-state index in [9.17, 15) is 10.1 Å².